The van der Waals surface area contributed by atoms with Gasteiger partial charge >= 0.3 is 0 Å². The van der Waals surface area contributed by atoms with E-state index in [2.05, 4.69) is 36.4 Å². The van der Waals surface area contributed by atoms with Gasteiger partial charge in [-0.3, -0.25) is 5.32 Å². The second-order valence-corrected chi connectivity index (χ2v) is 6.10. The first-order valence-corrected chi connectivity index (χ1v) is 7.81. The van der Waals surface area contributed by atoms with Crippen molar-refractivity contribution in [3.63, 3.8) is 0 Å². The molecule has 6 heteroatoms. The summed E-state index contributed by atoms with van der Waals surface area (Å²) in [6, 6.07) is 8.22. The molecule has 2 rings (SSSR count). The minimum Gasteiger partial charge on any atom is -0.383 e. The highest BCUT2D eigenvalue weighted by Crippen LogP contribution is 2.22. The Kier molecular flexibility index (Phi) is 5.94. The standard InChI is InChI=1S/C16H23ClN4O/c1-11(2)21-9-15(19-20-21)12(3)18-16(10-22-4)13-6-5-7-14(17)8-13/h5-9,11-12,16,18H,10H2,1-4H3. The van der Waals surface area contributed by atoms with E-state index >= 15 is 0 Å². The van der Waals surface area contributed by atoms with E-state index in [0.717, 1.165) is 16.3 Å². The summed E-state index contributed by atoms with van der Waals surface area (Å²) in [5.74, 6) is 0. The summed E-state index contributed by atoms with van der Waals surface area (Å²) in [4.78, 5) is 0. The Bertz CT molecular complexity index is 599. The summed E-state index contributed by atoms with van der Waals surface area (Å²) in [7, 11) is 1.69. The number of nitrogens with zero attached hydrogens (tertiary/aromatic N) is 3. The van der Waals surface area contributed by atoms with E-state index in [4.69, 9.17) is 16.3 Å². The van der Waals surface area contributed by atoms with Crippen molar-refractivity contribution in [3.05, 3.63) is 46.7 Å². The van der Waals surface area contributed by atoms with Crippen molar-refractivity contribution in [3.8, 4) is 0 Å². The van der Waals surface area contributed by atoms with Gasteiger partial charge in [-0.1, -0.05) is 28.9 Å². The minimum atomic E-state index is 0.0444. The van der Waals surface area contributed by atoms with Crippen molar-refractivity contribution in [2.45, 2.75) is 38.9 Å². The maximum absolute atomic E-state index is 6.09. The number of ether oxygens (including phenoxy) is 1. The first-order valence-electron chi connectivity index (χ1n) is 7.43. The van der Waals surface area contributed by atoms with Crippen LogP contribution >= 0.6 is 11.6 Å². The molecule has 2 atom stereocenters. The Morgan fingerprint density at radius 3 is 2.68 bits per heavy atom. The van der Waals surface area contributed by atoms with Gasteiger partial charge in [0.2, 0.25) is 0 Å². The third-order valence-electron chi connectivity index (χ3n) is 3.54. The van der Waals surface area contributed by atoms with Crippen molar-refractivity contribution in [1.29, 1.82) is 0 Å². The molecular weight excluding hydrogens is 300 g/mol. The maximum atomic E-state index is 6.09. The maximum Gasteiger partial charge on any atom is 0.0993 e. The van der Waals surface area contributed by atoms with Crippen LogP contribution in [0.4, 0.5) is 0 Å². The zero-order valence-electron chi connectivity index (χ0n) is 13.5. The summed E-state index contributed by atoms with van der Waals surface area (Å²) in [6.07, 6.45) is 1.98. The molecule has 1 aromatic heterocycles. The number of hydrogen-bond donors (Lipinski definition) is 1. The van der Waals surface area contributed by atoms with Crippen molar-refractivity contribution in [2.75, 3.05) is 13.7 Å². The van der Waals surface area contributed by atoms with Gasteiger partial charge in [-0.2, -0.15) is 0 Å². The molecule has 2 aromatic rings. The molecule has 0 aliphatic heterocycles. The van der Waals surface area contributed by atoms with E-state index in [0.29, 0.717) is 12.6 Å². The second-order valence-electron chi connectivity index (χ2n) is 5.67. The molecular formula is C16H23ClN4O. The van der Waals surface area contributed by atoms with E-state index in [1.165, 1.54) is 0 Å². The van der Waals surface area contributed by atoms with E-state index in [1.807, 2.05) is 35.1 Å². The number of aromatic nitrogens is 3. The van der Waals surface area contributed by atoms with Crippen LogP contribution in [0, 0.1) is 0 Å². The highest BCUT2D eigenvalue weighted by molar-refractivity contribution is 6.30. The lowest BCUT2D eigenvalue weighted by molar-refractivity contribution is 0.161. The summed E-state index contributed by atoms with van der Waals surface area (Å²) in [5.41, 5.74) is 2.01. The molecule has 1 N–H and O–H groups in total. The van der Waals surface area contributed by atoms with Crippen LogP contribution in [-0.4, -0.2) is 28.7 Å². The molecule has 0 fully saturated rings. The van der Waals surface area contributed by atoms with Crippen molar-refractivity contribution >= 4 is 11.6 Å². The highest BCUT2D eigenvalue weighted by atomic mass is 35.5. The lowest BCUT2D eigenvalue weighted by Gasteiger charge is -2.22. The molecule has 0 saturated heterocycles. The summed E-state index contributed by atoms with van der Waals surface area (Å²) in [6.45, 7) is 6.79. The van der Waals surface area contributed by atoms with Crippen LogP contribution in [0.3, 0.4) is 0 Å². The summed E-state index contributed by atoms with van der Waals surface area (Å²) >= 11 is 6.09. The molecule has 0 aliphatic rings. The van der Waals surface area contributed by atoms with Crippen LogP contribution < -0.4 is 5.32 Å². The van der Waals surface area contributed by atoms with Gasteiger partial charge < -0.3 is 4.74 Å². The minimum absolute atomic E-state index is 0.0444. The monoisotopic (exact) mass is 322 g/mol. The van der Waals surface area contributed by atoms with Crippen molar-refractivity contribution in [1.82, 2.24) is 20.3 Å². The SMILES string of the molecule is COCC(NC(C)c1cn(C(C)C)nn1)c1cccc(Cl)c1. The molecule has 0 aliphatic carbocycles. The first kappa shape index (κ1) is 16.9. The van der Waals surface area contributed by atoms with E-state index < -0.39 is 0 Å². The van der Waals surface area contributed by atoms with E-state index in [-0.39, 0.29) is 12.1 Å². The Labute approximate surface area is 136 Å². The van der Waals surface area contributed by atoms with Crippen LogP contribution in [0.25, 0.3) is 0 Å². The topological polar surface area (TPSA) is 52.0 Å². The van der Waals surface area contributed by atoms with Gasteiger partial charge in [0, 0.05) is 18.2 Å². The average Bonchev–Trinajstić information content (AvgIpc) is 2.97. The Hall–Kier alpha value is -1.43. The van der Waals surface area contributed by atoms with Crippen LogP contribution in [0.15, 0.2) is 30.5 Å². The fourth-order valence-corrected chi connectivity index (χ4v) is 2.46. The van der Waals surface area contributed by atoms with Gasteiger partial charge in [-0.05, 0) is 38.5 Å². The smallest absolute Gasteiger partial charge is 0.0993 e. The lowest BCUT2D eigenvalue weighted by Crippen LogP contribution is -2.28. The number of rotatable bonds is 7. The van der Waals surface area contributed by atoms with Gasteiger partial charge in [-0.25, -0.2) is 4.68 Å². The van der Waals surface area contributed by atoms with E-state index in [1.54, 1.807) is 7.11 Å². The molecule has 0 radical (unpaired) electrons. The number of hydrogen-bond acceptors (Lipinski definition) is 4. The molecule has 0 amide bonds. The molecule has 5 nitrogen and oxygen atoms in total. The van der Waals surface area contributed by atoms with Crippen LogP contribution in [0.1, 0.15) is 50.2 Å². The number of methoxy groups -OCH3 is 1. The van der Waals surface area contributed by atoms with Crippen LogP contribution in [-0.2, 0) is 4.74 Å². The quantitative estimate of drug-likeness (QED) is 0.847. The zero-order valence-corrected chi connectivity index (χ0v) is 14.2. The van der Waals surface area contributed by atoms with Gasteiger partial charge in [0.25, 0.3) is 0 Å². The lowest BCUT2D eigenvalue weighted by atomic mass is 10.1. The van der Waals surface area contributed by atoms with Gasteiger partial charge in [-0.15, -0.1) is 5.10 Å². The van der Waals surface area contributed by atoms with Gasteiger partial charge in [0.1, 0.15) is 0 Å². The third-order valence-corrected chi connectivity index (χ3v) is 3.77. The second kappa shape index (κ2) is 7.72. The van der Waals surface area contributed by atoms with Crippen molar-refractivity contribution < 1.29 is 4.74 Å². The molecule has 1 aromatic carbocycles. The summed E-state index contributed by atoms with van der Waals surface area (Å²) in [5, 5.41) is 12.6. The predicted octanol–water partition coefficient (Wildman–Crippen LogP) is 3.55. The van der Waals surface area contributed by atoms with Gasteiger partial charge in [0.15, 0.2) is 0 Å². The highest BCUT2D eigenvalue weighted by Gasteiger charge is 2.18. The number of nitrogens with one attached hydrogen (secondary N) is 1. The van der Waals surface area contributed by atoms with Crippen LogP contribution in [0.2, 0.25) is 5.02 Å². The largest absolute Gasteiger partial charge is 0.383 e. The molecule has 0 spiro atoms. The number of benzene rings is 1. The molecule has 1 heterocycles. The third kappa shape index (κ3) is 4.29. The van der Waals surface area contributed by atoms with E-state index in [9.17, 15) is 0 Å². The molecule has 0 saturated carbocycles. The van der Waals surface area contributed by atoms with Gasteiger partial charge in [0.05, 0.1) is 30.6 Å². The fraction of sp³-hybridized carbons (Fsp3) is 0.500. The van der Waals surface area contributed by atoms with Crippen LogP contribution in [0.5, 0.6) is 0 Å². The Balaban J connectivity index is 2.12. The molecule has 0 bridgehead atoms. The fourth-order valence-electron chi connectivity index (χ4n) is 2.26. The normalized spacial score (nSPS) is 14.3. The Morgan fingerprint density at radius 1 is 1.32 bits per heavy atom. The summed E-state index contributed by atoms with van der Waals surface area (Å²) < 4.78 is 7.19. The Morgan fingerprint density at radius 2 is 2.09 bits per heavy atom. The number of halogens is 1. The predicted molar refractivity (Wildman–Crippen MR) is 88.0 cm³/mol. The zero-order chi connectivity index (χ0) is 16.1. The molecule has 120 valence electrons. The molecule has 2 unspecified atom stereocenters. The molecule has 22 heavy (non-hydrogen) atoms. The average molecular weight is 323 g/mol. The first-order chi connectivity index (χ1) is 10.5. The van der Waals surface area contributed by atoms with Crippen molar-refractivity contribution in [2.24, 2.45) is 0 Å².